The summed E-state index contributed by atoms with van der Waals surface area (Å²) < 4.78 is 27.9. The molecule has 0 bridgehead atoms. The Hall–Kier alpha value is -2.54. The lowest BCUT2D eigenvalue weighted by molar-refractivity contribution is -0.114. The Morgan fingerprint density at radius 2 is 1.45 bits per heavy atom. The number of anilines is 2. The van der Waals surface area contributed by atoms with Crippen molar-refractivity contribution >= 4 is 50.5 Å². The number of halogens is 2. The lowest BCUT2D eigenvalue weighted by Crippen LogP contribution is -2.38. The van der Waals surface area contributed by atoms with Crippen LogP contribution < -0.4 is 9.62 Å². The van der Waals surface area contributed by atoms with E-state index in [4.69, 9.17) is 23.2 Å². The first-order chi connectivity index (χ1) is 14.6. The number of nitrogens with one attached hydrogen (secondary N) is 1. The summed E-state index contributed by atoms with van der Waals surface area (Å²) in [6, 6.07) is 16.4. The van der Waals surface area contributed by atoms with Gasteiger partial charge in [-0.05, 0) is 68.3 Å². The van der Waals surface area contributed by atoms with Crippen molar-refractivity contribution < 1.29 is 13.2 Å². The molecule has 0 aliphatic heterocycles. The summed E-state index contributed by atoms with van der Waals surface area (Å²) in [7, 11) is -4.01. The van der Waals surface area contributed by atoms with Crippen LogP contribution in [0.15, 0.2) is 65.6 Å². The molecule has 1 N–H and O–H groups in total. The molecule has 0 unspecified atom stereocenters. The van der Waals surface area contributed by atoms with Crippen LogP contribution in [0.5, 0.6) is 0 Å². The molecule has 0 saturated carbocycles. The lowest BCUT2D eigenvalue weighted by atomic mass is 10.2. The summed E-state index contributed by atoms with van der Waals surface area (Å²) in [5.41, 5.74) is 3.38. The maximum atomic E-state index is 13.4. The summed E-state index contributed by atoms with van der Waals surface area (Å²) in [6.07, 6.45) is 0. The van der Waals surface area contributed by atoms with Crippen molar-refractivity contribution in [1.82, 2.24) is 0 Å². The quantitative estimate of drug-likeness (QED) is 0.492. The van der Waals surface area contributed by atoms with Crippen LogP contribution in [0.3, 0.4) is 0 Å². The van der Waals surface area contributed by atoms with Gasteiger partial charge in [0.1, 0.15) is 6.54 Å². The molecule has 162 valence electrons. The second-order valence-corrected chi connectivity index (χ2v) is 9.95. The fourth-order valence-electron chi connectivity index (χ4n) is 2.89. The maximum absolute atomic E-state index is 13.4. The molecule has 0 spiro atoms. The zero-order valence-electron chi connectivity index (χ0n) is 17.3. The third-order valence-electron chi connectivity index (χ3n) is 4.80. The number of carbonyl (C=O) groups is 1. The van der Waals surface area contributed by atoms with Crippen molar-refractivity contribution in [3.05, 3.63) is 87.4 Å². The highest BCUT2D eigenvalue weighted by atomic mass is 35.5. The smallest absolute Gasteiger partial charge is 0.264 e. The van der Waals surface area contributed by atoms with Gasteiger partial charge in [-0.2, -0.15) is 0 Å². The number of hydrogen-bond acceptors (Lipinski definition) is 3. The predicted molar refractivity (Wildman–Crippen MR) is 127 cm³/mol. The van der Waals surface area contributed by atoms with Gasteiger partial charge in [0.05, 0.1) is 10.6 Å². The molecule has 0 radical (unpaired) electrons. The Balaban J connectivity index is 1.97. The Labute approximate surface area is 192 Å². The standard InChI is InChI=1S/C23H22Cl2N2O3S/c1-15-4-10-20(11-5-15)31(29,30)27(19-9-7-17(3)22(25)13-19)14-23(28)26-18-8-6-16(2)21(24)12-18/h4-13H,14H2,1-3H3,(H,26,28). The first-order valence-corrected chi connectivity index (χ1v) is 11.7. The van der Waals surface area contributed by atoms with E-state index in [1.54, 1.807) is 48.5 Å². The first kappa shape index (κ1) is 23.1. The fourth-order valence-corrected chi connectivity index (χ4v) is 4.66. The van der Waals surface area contributed by atoms with Gasteiger partial charge in [0, 0.05) is 15.7 Å². The van der Waals surface area contributed by atoms with Gasteiger partial charge in [-0.3, -0.25) is 9.10 Å². The molecule has 0 atom stereocenters. The molecule has 3 rings (SSSR count). The fraction of sp³-hybridized carbons (Fsp3) is 0.174. The molecule has 31 heavy (non-hydrogen) atoms. The van der Waals surface area contributed by atoms with Gasteiger partial charge in [0.2, 0.25) is 5.91 Å². The highest BCUT2D eigenvalue weighted by Gasteiger charge is 2.27. The number of benzene rings is 3. The van der Waals surface area contributed by atoms with Gasteiger partial charge >= 0.3 is 0 Å². The van der Waals surface area contributed by atoms with Crippen molar-refractivity contribution in [2.45, 2.75) is 25.7 Å². The average molecular weight is 477 g/mol. The Bertz CT molecular complexity index is 1230. The van der Waals surface area contributed by atoms with Crippen molar-refractivity contribution in [2.75, 3.05) is 16.2 Å². The third-order valence-corrected chi connectivity index (χ3v) is 7.40. The van der Waals surface area contributed by atoms with Crippen LogP contribution >= 0.6 is 23.2 Å². The van der Waals surface area contributed by atoms with E-state index < -0.39 is 22.5 Å². The zero-order chi connectivity index (χ0) is 22.8. The Morgan fingerprint density at radius 3 is 2.03 bits per heavy atom. The number of hydrogen-bond donors (Lipinski definition) is 1. The number of aryl methyl sites for hydroxylation is 3. The summed E-state index contributed by atoms with van der Waals surface area (Å²) in [4.78, 5) is 12.9. The zero-order valence-corrected chi connectivity index (χ0v) is 19.6. The molecule has 0 fully saturated rings. The van der Waals surface area contributed by atoms with Gasteiger partial charge in [-0.1, -0.05) is 53.0 Å². The minimum absolute atomic E-state index is 0.0842. The summed E-state index contributed by atoms with van der Waals surface area (Å²) in [5.74, 6) is -0.507. The van der Waals surface area contributed by atoms with Crippen LogP contribution in [0.25, 0.3) is 0 Å². The van der Waals surface area contributed by atoms with Gasteiger partial charge in [0.15, 0.2) is 0 Å². The van der Waals surface area contributed by atoms with E-state index in [2.05, 4.69) is 5.32 Å². The van der Waals surface area contributed by atoms with Crippen molar-refractivity contribution in [1.29, 1.82) is 0 Å². The van der Waals surface area contributed by atoms with E-state index in [1.807, 2.05) is 20.8 Å². The second-order valence-electron chi connectivity index (χ2n) is 7.27. The number of rotatable bonds is 6. The SMILES string of the molecule is Cc1ccc(S(=O)(=O)N(CC(=O)Nc2ccc(C)c(Cl)c2)c2ccc(C)c(Cl)c2)cc1. The van der Waals surface area contributed by atoms with Crippen molar-refractivity contribution in [3.8, 4) is 0 Å². The van der Waals surface area contributed by atoms with Crippen LogP contribution in [0.1, 0.15) is 16.7 Å². The summed E-state index contributed by atoms with van der Waals surface area (Å²) in [5, 5.41) is 3.62. The Morgan fingerprint density at radius 1 is 0.871 bits per heavy atom. The summed E-state index contributed by atoms with van der Waals surface area (Å²) >= 11 is 12.4. The third kappa shape index (κ3) is 5.39. The van der Waals surface area contributed by atoms with Gasteiger partial charge in [-0.25, -0.2) is 8.42 Å². The lowest BCUT2D eigenvalue weighted by Gasteiger charge is -2.24. The van der Waals surface area contributed by atoms with Crippen LogP contribution in [-0.2, 0) is 14.8 Å². The molecule has 0 saturated heterocycles. The molecule has 5 nitrogen and oxygen atoms in total. The first-order valence-electron chi connectivity index (χ1n) is 9.49. The van der Waals surface area contributed by atoms with Crippen LogP contribution in [-0.4, -0.2) is 20.9 Å². The molecular weight excluding hydrogens is 455 g/mol. The monoisotopic (exact) mass is 476 g/mol. The van der Waals surface area contributed by atoms with Crippen molar-refractivity contribution in [2.24, 2.45) is 0 Å². The minimum atomic E-state index is -4.01. The number of carbonyl (C=O) groups excluding carboxylic acids is 1. The predicted octanol–water partition coefficient (Wildman–Crippen LogP) is 5.75. The van der Waals surface area contributed by atoms with Crippen LogP contribution in [0.4, 0.5) is 11.4 Å². The van der Waals surface area contributed by atoms with Gasteiger partial charge in [-0.15, -0.1) is 0 Å². The molecule has 3 aromatic rings. The maximum Gasteiger partial charge on any atom is 0.264 e. The molecule has 0 aliphatic rings. The highest BCUT2D eigenvalue weighted by molar-refractivity contribution is 7.92. The molecule has 1 amide bonds. The molecule has 0 aliphatic carbocycles. The van der Waals surface area contributed by atoms with E-state index in [0.717, 1.165) is 21.0 Å². The van der Waals surface area contributed by atoms with Crippen molar-refractivity contribution in [3.63, 3.8) is 0 Å². The largest absolute Gasteiger partial charge is 0.324 e. The number of amides is 1. The average Bonchev–Trinajstić information content (AvgIpc) is 2.71. The van der Waals surface area contributed by atoms with E-state index >= 15 is 0 Å². The van der Waals surface area contributed by atoms with Crippen LogP contribution in [0, 0.1) is 20.8 Å². The molecule has 0 heterocycles. The Kier molecular flexibility index (Phi) is 6.94. The van der Waals surface area contributed by atoms with Gasteiger partial charge in [0.25, 0.3) is 10.0 Å². The topological polar surface area (TPSA) is 66.5 Å². The molecule has 3 aromatic carbocycles. The van der Waals surface area contributed by atoms with E-state index in [-0.39, 0.29) is 4.90 Å². The van der Waals surface area contributed by atoms with E-state index in [0.29, 0.717) is 21.4 Å². The molecular formula is C23H22Cl2N2O3S. The highest BCUT2D eigenvalue weighted by Crippen LogP contribution is 2.28. The minimum Gasteiger partial charge on any atom is -0.324 e. The molecule has 8 heteroatoms. The summed E-state index contributed by atoms with van der Waals surface area (Å²) in [6.45, 7) is 5.11. The van der Waals surface area contributed by atoms with E-state index in [9.17, 15) is 13.2 Å². The molecule has 0 aromatic heterocycles. The normalized spacial score (nSPS) is 11.3. The van der Waals surface area contributed by atoms with E-state index in [1.165, 1.54) is 12.1 Å². The number of nitrogens with zero attached hydrogens (tertiary/aromatic N) is 1. The second kappa shape index (κ2) is 9.30. The van der Waals surface area contributed by atoms with Gasteiger partial charge < -0.3 is 5.32 Å². The van der Waals surface area contributed by atoms with Crippen LogP contribution in [0.2, 0.25) is 10.0 Å². The number of sulfonamides is 1.